The molecule has 2 aromatic carbocycles. The lowest BCUT2D eigenvalue weighted by Crippen LogP contribution is -2.41. The molecule has 5 rings (SSSR count). The molecule has 16 heteroatoms. The van der Waals surface area contributed by atoms with E-state index >= 15 is 4.39 Å². The van der Waals surface area contributed by atoms with Crippen LogP contribution in [0.15, 0.2) is 62.9 Å². The van der Waals surface area contributed by atoms with Crippen molar-refractivity contribution in [2.75, 3.05) is 25.6 Å². The first-order valence-corrected chi connectivity index (χ1v) is 17.7. The van der Waals surface area contributed by atoms with E-state index in [1.165, 1.54) is 31.6 Å². The largest absolute Gasteiger partial charge is 0.497 e. The van der Waals surface area contributed by atoms with Gasteiger partial charge >= 0.3 is 5.69 Å². The number of benzene rings is 2. The highest BCUT2D eigenvalue weighted by atomic mass is 28.4. The second-order valence-corrected chi connectivity index (χ2v) is 17.1. The average Bonchev–Trinajstić information content (AvgIpc) is 3.64. The summed E-state index contributed by atoms with van der Waals surface area (Å²) in [4.78, 5) is 38.8. The van der Waals surface area contributed by atoms with Crippen LogP contribution in [0.25, 0.3) is 17.2 Å². The van der Waals surface area contributed by atoms with Gasteiger partial charge in [0, 0.05) is 42.2 Å². The molecule has 3 aromatic heterocycles. The van der Waals surface area contributed by atoms with Gasteiger partial charge in [-0.3, -0.25) is 9.78 Å². The van der Waals surface area contributed by atoms with E-state index in [2.05, 4.69) is 69.4 Å². The Hall–Kier alpha value is -5.09. The fourth-order valence-electron chi connectivity index (χ4n) is 4.39. The van der Waals surface area contributed by atoms with Gasteiger partial charge in [0.2, 0.25) is 17.5 Å². The zero-order valence-electron chi connectivity index (χ0n) is 27.2. The van der Waals surface area contributed by atoms with Crippen molar-refractivity contribution in [3.63, 3.8) is 0 Å². The Morgan fingerprint density at radius 3 is 2.51 bits per heavy atom. The number of aromatic nitrogens is 7. The van der Waals surface area contributed by atoms with Gasteiger partial charge in [-0.05, 0) is 48.5 Å². The third kappa shape index (κ3) is 7.33. The number of nitrogens with one attached hydrogen (secondary N) is 3. The molecular formula is C31H37FN8O6Si. The lowest BCUT2D eigenvalue weighted by atomic mass is 10.0. The lowest BCUT2D eigenvalue weighted by molar-refractivity contribution is 0.198. The van der Waals surface area contributed by atoms with Gasteiger partial charge in [0.25, 0.3) is 5.56 Å². The molecule has 47 heavy (non-hydrogen) atoms. The van der Waals surface area contributed by atoms with E-state index in [0.29, 0.717) is 28.7 Å². The van der Waals surface area contributed by atoms with E-state index in [1.54, 1.807) is 31.2 Å². The molecule has 0 amide bonds. The van der Waals surface area contributed by atoms with Crippen LogP contribution in [0.2, 0.25) is 18.1 Å². The minimum absolute atomic E-state index is 0.00251. The summed E-state index contributed by atoms with van der Waals surface area (Å²) in [5, 5.41) is 11.5. The topological polar surface area (TPSA) is 175 Å². The molecule has 3 heterocycles. The van der Waals surface area contributed by atoms with E-state index < -0.39 is 31.4 Å². The van der Waals surface area contributed by atoms with Gasteiger partial charge in [-0.1, -0.05) is 25.9 Å². The number of methoxy groups -OCH3 is 1. The Kier molecular flexibility index (Phi) is 9.44. The SMILES string of the molecule is COc1cc(OCCO[Si](C)(C)C(C)(C)C)c(F)c(C(Nc2ccc(-c3noc(C)n3)cc2)c2nn(-c3ncc[nH]c3=O)c(=O)[nH]2)c1. The lowest BCUT2D eigenvalue weighted by Gasteiger charge is -2.36. The number of aromatic amines is 2. The molecule has 0 fully saturated rings. The van der Waals surface area contributed by atoms with Crippen LogP contribution in [-0.2, 0) is 4.43 Å². The number of nitrogens with zero attached hydrogens (tertiary/aromatic N) is 5. The summed E-state index contributed by atoms with van der Waals surface area (Å²) >= 11 is 0. The maximum absolute atomic E-state index is 16.4. The van der Waals surface area contributed by atoms with Crippen molar-refractivity contribution in [2.24, 2.45) is 0 Å². The van der Waals surface area contributed by atoms with Crippen LogP contribution in [0, 0.1) is 12.7 Å². The molecule has 3 N–H and O–H groups in total. The van der Waals surface area contributed by atoms with Gasteiger partial charge in [-0.25, -0.2) is 14.2 Å². The molecule has 1 unspecified atom stereocenters. The van der Waals surface area contributed by atoms with Crippen LogP contribution < -0.4 is 26.0 Å². The normalized spacial score (nSPS) is 12.6. The van der Waals surface area contributed by atoms with E-state index in [-0.39, 0.29) is 41.2 Å². The highest BCUT2D eigenvalue weighted by molar-refractivity contribution is 6.74. The minimum Gasteiger partial charge on any atom is -0.497 e. The summed E-state index contributed by atoms with van der Waals surface area (Å²) < 4.78 is 39.9. The molecule has 0 aliphatic carbocycles. The molecule has 248 valence electrons. The molecule has 0 saturated carbocycles. The Balaban J connectivity index is 1.52. The molecule has 0 aliphatic heterocycles. The van der Waals surface area contributed by atoms with Crippen LogP contribution in [-0.4, -0.2) is 63.5 Å². The molecule has 0 bridgehead atoms. The molecule has 1 atom stereocenters. The third-order valence-electron chi connectivity index (χ3n) is 7.98. The summed E-state index contributed by atoms with van der Waals surface area (Å²) in [6.45, 7) is 12.7. The van der Waals surface area contributed by atoms with Gasteiger partial charge in [-0.2, -0.15) is 9.67 Å². The van der Waals surface area contributed by atoms with Crippen LogP contribution in [0.3, 0.4) is 0 Å². The molecule has 0 saturated heterocycles. The van der Waals surface area contributed by atoms with Gasteiger partial charge in [0.15, 0.2) is 25.7 Å². The Morgan fingerprint density at radius 2 is 1.87 bits per heavy atom. The smallest absolute Gasteiger partial charge is 0.349 e. The number of rotatable bonds is 12. The number of anilines is 1. The van der Waals surface area contributed by atoms with Crippen molar-refractivity contribution >= 4 is 14.0 Å². The molecule has 0 spiro atoms. The van der Waals surface area contributed by atoms with Crippen molar-refractivity contribution in [3.8, 4) is 28.7 Å². The Morgan fingerprint density at radius 1 is 1.13 bits per heavy atom. The minimum atomic E-state index is -2.05. The second-order valence-electron chi connectivity index (χ2n) is 12.2. The van der Waals surface area contributed by atoms with Crippen LogP contribution in [0.4, 0.5) is 10.1 Å². The highest BCUT2D eigenvalue weighted by Gasteiger charge is 2.37. The quantitative estimate of drug-likeness (QED) is 0.124. The first-order valence-electron chi connectivity index (χ1n) is 14.8. The number of halogens is 1. The zero-order valence-corrected chi connectivity index (χ0v) is 28.2. The van der Waals surface area contributed by atoms with Gasteiger partial charge in [0.05, 0.1) is 13.7 Å². The first-order chi connectivity index (χ1) is 22.3. The van der Waals surface area contributed by atoms with Crippen molar-refractivity contribution in [3.05, 3.63) is 92.7 Å². The van der Waals surface area contributed by atoms with Crippen molar-refractivity contribution in [2.45, 2.75) is 51.9 Å². The Labute approximate surface area is 270 Å². The standard InChI is InChI=1S/C31H37FN8O6Si/c1-18-35-26(39-46-18)19-8-10-20(11-9-19)36-25(27-37-30(42)40(38-27)28-29(41)34-13-12-33-28)22-16-21(43-5)17-23(24(22)32)44-14-15-45-47(6,7)31(2,3)4/h8-13,16-17,25,36H,14-15H2,1-7H3,(H,34,41)(H,37,38,42). The third-order valence-corrected chi connectivity index (χ3v) is 12.5. The predicted molar refractivity (Wildman–Crippen MR) is 174 cm³/mol. The maximum Gasteiger partial charge on any atom is 0.349 e. The maximum atomic E-state index is 16.4. The molecule has 0 radical (unpaired) electrons. The number of hydrogen-bond acceptors (Lipinski definition) is 11. The molecule has 0 aliphatic rings. The average molecular weight is 665 g/mol. The van der Waals surface area contributed by atoms with Gasteiger partial charge in [0.1, 0.15) is 18.4 Å². The van der Waals surface area contributed by atoms with Crippen molar-refractivity contribution < 1.29 is 22.8 Å². The molecular weight excluding hydrogens is 627 g/mol. The van der Waals surface area contributed by atoms with Crippen molar-refractivity contribution in [1.82, 2.24) is 34.9 Å². The van der Waals surface area contributed by atoms with Crippen LogP contribution in [0.5, 0.6) is 11.5 Å². The number of aryl methyl sites for hydroxylation is 1. The fourth-order valence-corrected chi connectivity index (χ4v) is 5.42. The summed E-state index contributed by atoms with van der Waals surface area (Å²) in [7, 11) is -0.595. The van der Waals surface area contributed by atoms with Crippen LogP contribution in [0.1, 0.15) is 44.1 Å². The Bertz CT molecular complexity index is 1960. The molecule has 5 aromatic rings. The van der Waals surface area contributed by atoms with Gasteiger partial charge in [-0.15, -0.1) is 5.10 Å². The van der Waals surface area contributed by atoms with E-state index in [0.717, 1.165) is 4.68 Å². The predicted octanol–water partition coefficient (Wildman–Crippen LogP) is 4.75. The first kappa shape index (κ1) is 33.3. The summed E-state index contributed by atoms with van der Waals surface area (Å²) in [6.07, 6.45) is 2.65. The summed E-state index contributed by atoms with van der Waals surface area (Å²) in [5.74, 6) is 0.0994. The zero-order chi connectivity index (χ0) is 33.9. The van der Waals surface area contributed by atoms with E-state index in [4.69, 9.17) is 18.4 Å². The van der Waals surface area contributed by atoms with E-state index in [9.17, 15) is 9.59 Å². The van der Waals surface area contributed by atoms with E-state index in [1.807, 2.05) is 0 Å². The van der Waals surface area contributed by atoms with Crippen LogP contribution >= 0.6 is 0 Å². The second kappa shape index (κ2) is 13.3. The number of H-pyrrole nitrogens is 2. The monoisotopic (exact) mass is 664 g/mol. The number of ether oxygens (including phenoxy) is 2. The van der Waals surface area contributed by atoms with Crippen molar-refractivity contribution in [1.29, 1.82) is 0 Å². The number of hydrogen-bond donors (Lipinski definition) is 3. The highest BCUT2D eigenvalue weighted by Crippen LogP contribution is 2.37. The fraction of sp³-hybridized carbons (Fsp3) is 0.355. The molecule has 14 nitrogen and oxygen atoms in total. The van der Waals surface area contributed by atoms with Gasteiger partial charge < -0.3 is 28.7 Å². The summed E-state index contributed by atoms with van der Waals surface area (Å²) in [5.41, 5.74) is -0.0935. The summed E-state index contributed by atoms with van der Waals surface area (Å²) in [6, 6.07) is 8.83.